The van der Waals surface area contributed by atoms with Crippen LogP contribution in [0.2, 0.25) is 0 Å². The molecule has 0 aliphatic heterocycles. The minimum absolute atomic E-state index is 0.0296. The van der Waals surface area contributed by atoms with E-state index < -0.39 is 17.7 Å². The number of aryl methyl sites for hydroxylation is 2. The van der Waals surface area contributed by atoms with Gasteiger partial charge < -0.3 is 9.73 Å². The molecule has 0 aliphatic rings. The van der Waals surface area contributed by atoms with Crippen molar-refractivity contribution in [2.45, 2.75) is 19.9 Å². The summed E-state index contributed by atoms with van der Waals surface area (Å²) in [5.41, 5.74) is 1.19. The van der Waals surface area contributed by atoms with Gasteiger partial charge in [0.05, 0.1) is 12.3 Å². The molecule has 1 N–H and O–H groups in total. The number of benzene rings is 1. The Hall–Kier alpha value is -1.68. The van der Waals surface area contributed by atoms with Crippen LogP contribution in [0.25, 0.3) is 0 Å². The summed E-state index contributed by atoms with van der Waals surface area (Å²) < 4.78 is 33.2. The number of halogens is 2. The number of rotatable bonds is 3. The molecule has 2 rings (SSSR count). The lowest BCUT2D eigenvalue weighted by atomic mass is 9.96. The van der Waals surface area contributed by atoms with Gasteiger partial charge in [0.2, 0.25) is 0 Å². The van der Waals surface area contributed by atoms with Crippen LogP contribution in [0, 0.1) is 25.5 Å². The van der Waals surface area contributed by atoms with Crippen LogP contribution in [-0.4, -0.2) is 7.05 Å². The molecule has 96 valence electrons. The maximum atomic E-state index is 14.1. The third-order valence-electron chi connectivity index (χ3n) is 3.11. The Kier molecular flexibility index (Phi) is 3.48. The summed E-state index contributed by atoms with van der Waals surface area (Å²) >= 11 is 0. The molecular formula is C14H15F2NO. The van der Waals surface area contributed by atoms with Crippen molar-refractivity contribution in [2.24, 2.45) is 0 Å². The molecular weight excluding hydrogens is 236 g/mol. The van der Waals surface area contributed by atoms with Crippen LogP contribution in [0.15, 0.2) is 28.9 Å². The van der Waals surface area contributed by atoms with Gasteiger partial charge >= 0.3 is 0 Å². The molecule has 0 fully saturated rings. The van der Waals surface area contributed by atoms with E-state index in [1.54, 1.807) is 27.0 Å². The zero-order chi connectivity index (χ0) is 13.3. The van der Waals surface area contributed by atoms with E-state index in [2.05, 4.69) is 5.32 Å². The van der Waals surface area contributed by atoms with Crippen LogP contribution >= 0.6 is 0 Å². The van der Waals surface area contributed by atoms with Crippen LogP contribution < -0.4 is 5.32 Å². The first kappa shape index (κ1) is 12.8. The quantitative estimate of drug-likeness (QED) is 0.903. The lowest BCUT2D eigenvalue weighted by molar-refractivity contribution is 0.500. The van der Waals surface area contributed by atoms with E-state index in [1.807, 2.05) is 0 Å². The second-order valence-corrected chi connectivity index (χ2v) is 4.25. The van der Waals surface area contributed by atoms with Crippen molar-refractivity contribution in [3.05, 3.63) is 58.5 Å². The molecule has 0 saturated carbocycles. The predicted octanol–water partition coefficient (Wildman–Crippen LogP) is 3.48. The molecule has 1 unspecified atom stereocenters. The summed E-state index contributed by atoms with van der Waals surface area (Å²) in [6, 6.07) is 3.89. The predicted molar refractivity (Wildman–Crippen MR) is 65.4 cm³/mol. The second kappa shape index (κ2) is 4.90. The third kappa shape index (κ3) is 2.04. The van der Waals surface area contributed by atoms with Crippen LogP contribution in [0.1, 0.15) is 28.5 Å². The zero-order valence-corrected chi connectivity index (χ0v) is 10.6. The van der Waals surface area contributed by atoms with Gasteiger partial charge in [-0.2, -0.15) is 0 Å². The van der Waals surface area contributed by atoms with Gasteiger partial charge in [-0.1, -0.05) is 6.07 Å². The van der Waals surface area contributed by atoms with Crippen molar-refractivity contribution < 1.29 is 13.2 Å². The molecule has 1 heterocycles. The van der Waals surface area contributed by atoms with Gasteiger partial charge in [-0.15, -0.1) is 0 Å². The largest absolute Gasteiger partial charge is 0.469 e. The van der Waals surface area contributed by atoms with E-state index in [4.69, 9.17) is 4.42 Å². The molecule has 0 radical (unpaired) electrons. The molecule has 2 aromatic rings. The van der Waals surface area contributed by atoms with Crippen molar-refractivity contribution >= 4 is 0 Å². The van der Waals surface area contributed by atoms with Gasteiger partial charge in [-0.3, -0.25) is 0 Å². The number of hydrogen-bond acceptors (Lipinski definition) is 2. The van der Waals surface area contributed by atoms with Gasteiger partial charge in [0.15, 0.2) is 0 Å². The number of hydrogen-bond donors (Lipinski definition) is 1. The Morgan fingerprint density at radius 2 is 1.89 bits per heavy atom. The number of nitrogens with one attached hydrogen (secondary N) is 1. The molecule has 0 spiro atoms. The minimum atomic E-state index is -0.557. The minimum Gasteiger partial charge on any atom is -0.469 e. The Balaban J connectivity index is 2.59. The van der Waals surface area contributed by atoms with E-state index in [-0.39, 0.29) is 5.56 Å². The normalized spacial score (nSPS) is 12.7. The molecule has 1 atom stereocenters. The monoisotopic (exact) mass is 251 g/mol. The summed E-state index contributed by atoms with van der Waals surface area (Å²) in [6.45, 7) is 3.39. The highest BCUT2D eigenvalue weighted by molar-refractivity contribution is 5.37. The molecule has 0 amide bonds. The Morgan fingerprint density at radius 1 is 1.17 bits per heavy atom. The maximum Gasteiger partial charge on any atom is 0.134 e. The van der Waals surface area contributed by atoms with Gasteiger partial charge in [-0.05, 0) is 38.6 Å². The molecule has 4 heteroatoms. The van der Waals surface area contributed by atoms with Crippen LogP contribution in [-0.2, 0) is 0 Å². The summed E-state index contributed by atoms with van der Waals surface area (Å²) in [5.74, 6) is -0.428. The third-order valence-corrected chi connectivity index (χ3v) is 3.11. The first-order valence-electron chi connectivity index (χ1n) is 5.72. The van der Waals surface area contributed by atoms with Crippen molar-refractivity contribution in [2.75, 3.05) is 7.05 Å². The standard InChI is InChI=1S/C14H15F2NO/c1-8-4-5-11(15)12(13(8)16)14(17-3)10-6-7-18-9(10)2/h4-7,14,17H,1-3H3. The summed E-state index contributed by atoms with van der Waals surface area (Å²) in [4.78, 5) is 0. The molecule has 18 heavy (non-hydrogen) atoms. The SMILES string of the molecule is CNC(c1ccoc1C)c1c(F)ccc(C)c1F. The van der Waals surface area contributed by atoms with Gasteiger partial charge in [0.25, 0.3) is 0 Å². The zero-order valence-electron chi connectivity index (χ0n) is 10.6. The Labute approximate surface area is 105 Å². The molecule has 0 aliphatic carbocycles. The molecule has 1 aromatic heterocycles. The molecule has 1 aromatic carbocycles. The highest BCUT2D eigenvalue weighted by Gasteiger charge is 2.24. The van der Waals surface area contributed by atoms with Crippen LogP contribution in [0.5, 0.6) is 0 Å². The van der Waals surface area contributed by atoms with Crippen molar-refractivity contribution in [3.63, 3.8) is 0 Å². The first-order chi connectivity index (χ1) is 8.56. The van der Waals surface area contributed by atoms with Crippen molar-refractivity contribution in [1.82, 2.24) is 5.32 Å². The lowest BCUT2D eigenvalue weighted by Crippen LogP contribution is -2.21. The van der Waals surface area contributed by atoms with Crippen molar-refractivity contribution in [1.29, 1.82) is 0 Å². The topological polar surface area (TPSA) is 25.2 Å². The highest BCUT2D eigenvalue weighted by Crippen LogP contribution is 2.30. The Bertz CT molecular complexity index is 563. The second-order valence-electron chi connectivity index (χ2n) is 4.25. The number of furan rings is 1. The van der Waals surface area contributed by atoms with Crippen LogP contribution in [0.3, 0.4) is 0 Å². The van der Waals surface area contributed by atoms with E-state index in [0.29, 0.717) is 11.3 Å². The summed E-state index contributed by atoms with van der Waals surface area (Å²) in [5, 5.41) is 2.93. The molecule has 0 bridgehead atoms. The van der Waals surface area contributed by atoms with Crippen molar-refractivity contribution in [3.8, 4) is 0 Å². The fourth-order valence-corrected chi connectivity index (χ4v) is 2.09. The summed E-state index contributed by atoms with van der Waals surface area (Å²) in [6.07, 6.45) is 1.51. The first-order valence-corrected chi connectivity index (χ1v) is 5.72. The Morgan fingerprint density at radius 3 is 2.44 bits per heavy atom. The molecule has 0 saturated heterocycles. The average Bonchev–Trinajstić information content (AvgIpc) is 2.76. The maximum absolute atomic E-state index is 14.1. The van der Waals surface area contributed by atoms with Crippen LogP contribution in [0.4, 0.5) is 8.78 Å². The van der Waals surface area contributed by atoms with E-state index >= 15 is 0 Å². The molecule has 2 nitrogen and oxygen atoms in total. The van der Waals surface area contributed by atoms with Gasteiger partial charge in [0, 0.05) is 11.1 Å². The fraction of sp³-hybridized carbons (Fsp3) is 0.286. The highest BCUT2D eigenvalue weighted by atomic mass is 19.1. The van der Waals surface area contributed by atoms with E-state index in [0.717, 1.165) is 5.56 Å². The average molecular weight is 251 g/mol. The van der Waals surface area contributed by atoms with E-state index in [9.17, 15) is 8.78 Å². The van der Waals surface area contributed by atoms with Gasteiger partial charge in [-0.25, -0.2) is 8.78 Å². The summed E-state index contributed by atoms with van der Waals surface area (Å²) in [7, 11) is 1.66. The lowest BCUT2D eigenvalue weighted by Gasteiger charge is -2.18. The smallest absolute Gasteiger partial charge is 0.134 e. The van der Waals surface area contributed by atoms with E-state index in [1.165, 1.54) is 18.4 Å². The fourth-order valence-electron chi connectivity index (χ4n) is 2.09. The van der Waals surface area contributed by atoms with Gasteiger partial charge in [0.1, 0.15) is 17.4 Å².